The van der Waals surface area contributed by atoms with E-state index in [2.05, 4.69) is 0 Å². The summed E-state index contributed by atoms with van der Waals surface area (Å²) in [5.41, 5.74) is 4.10. The van der Waals surface area contributed by atoms with Gasteiger partial charge in [0.1, 0.15) is 22.8 Å². The number of aliphatic hydroxyl groups is 3. The summed E-state index contributed by atoms with van der Waals surface area (Å²) in [7, 11) is 0. The minimum Gasteiger partial charge on any atom is -0.511 e. The number of phenolic OH excluding ortho intramolecular Hbond substituents is 1. The van der Waals surface area contributed by atoms with Crippen molar-refractivity contribution in [3.05, 3.63) is 51.0 Å². The van der Waals surface area contributed by atoms with E-state index >= 15 is 0 Å². The zero-order valence-electron chi connectivity index (χ0n) is 17.4. The molecular weight excluding hydrogens is 402 g/mol. The lowest BCUT2D eigenvalue weighted by Gasteiger charge is -2.45. The molecule has 0 spiro atoms. The molecule has 3 atom stereocenters. The molecule has 1 aromatic rings. The number of hydrogen-bond donors (Lipinski definition) is 5. The molecule has 1 unspecified atom stereocenters. The highest BCUT2D eigenvalue weighted by molar-refractivity contribution is 6.24. The second-order valence-electron chi connectivity index (χ2n) is 8.51. The lowest BCUT2D eigenvalue weighted by molar-refractivity contribution is -0.144. The Morgan fingerprint density at radius 1 is 1.13 bits per heavy atom. The summed E-state index contributed by atoms with van der Waals surface area (Å²) in [5, 5.41) is 43.1. The van der Waals surface area contributed by atoms with Crippen molar-refractivity contribution in [3.63, 3.8) is 0 Å². The molecule has 8 heteroatoms. The Labute approximate surface area is 178 Å². The maximum absolute atomic E-state index is 13.5. The number of rotatable bonds is 3. The molecule has 8 nitrogen and oxygen atoms in total. The van der Waals surface area contributed by atoms with Crippen LogP contribution in [0.3, 0.4) is 0 Å². The number of amides is 1. The predicted octanol–water partition coefficient (Wildman–Crippen LogP) is 1.71. The molecule has 0 radical (unpaired) electrons. The van der Waals surface area contributed by atoms with Crippen LogP contribution in [0.4, 0.5) is 0 Å². The number of aryl methyl sites for hydroxylation is 2. The van der Waals surface area contributed by atoms with Gasteiger partial charge in [0.2, 0.25) is 5.78 Å². The number of allylic oxidation sites excluding steroid dienone is 2. The molecule has 0 aliphatic heterocycles. The Bertz CT molecular complexity index is 1110. The Kier molecular flexibility index (Phi) is 4.73. The number of primary amides is 1. The van der Waals surface area contributed by atoms with Gasteiger partial charge in [-0.2, -0.15) is 0 Å². The quantitative estimate of drug-likeness (QED) is 0.459. The van der Waals surface area contributed by atoms with E-state index < -0.39 is 52.0 Å². The van der Waals surface area contributed by atoms with Gasteiger partial charge in [0.25, 0.3) is 5.91 Å². The van der Waals surface area contributed by atoms with Crippen LogP contribution in [-0.2, 0) is 28.9 Å². The number of phenols is 1. The molecule has 1 amide bonds. The molecule has 0 saturated carbocycles. The van der Waals surface area contributed by atoms with Gasteiger partial charge in [0.15, 0.2) is 11.4 Å². The van der Waals surface area contributed by atoms with Crippen LogP contribution in [0.15, 0.2) is 28.7 Å². The summed E-state index contributed by atoms with van der Waals surface area (Å²) < 4.78 is 0. The highest BCUT2D eigenvalue weighted by atomic mass is 16.3. The minimum atomic E-state index is -2.53. The van der Waals surface area contributed by atoms with E-state index in [1.54, 1.807) is 0 Å². The Morgan fingerprint density at radius 2 is 1.77 bits per heavy atom. The molecule has 31 heavy (non-hydrogen) atoms. The molecule has 0 heterocycles. The van der Waals surface area contributed by atoms with Crippen LogP contribution in [0.25, 0.3) is 0 Å². The van der Waals surface area contributed by atoms with E-state index in [1.807, 2.05) is 19.9 Å². The molecule has 3 aliphatic rings. The predicted molar refractivity (Wildman–Crippen MR) is 110 cm³/mol. The fourth-order valence-electron chi connectivity index (χ4n) is 5.41. The molecule has 0 saturated heterocycles. The minimum absolute atomic E-state index is 0.0906. The zero-order chi connectivity index (χ0) is 22.8. The Morgan fingerprint density at radius 3 is 2.35 bits per heavy atom. The van der Waals surface area contributed by atoms with Crippen molar-refractivity contribution in [2.75, 3.05) is 0 Å². The third kappa shape index (κ3) is 2.67. The van der Waals surface area contributed by atoms with Gasteiger partial charge >= 0.3 is 0 Å². The molecule has 0 fully saturated rings. The van der Waals surface area contributed by atoms with Crippen molar-refractivity contribution in [1.29, 1.82) is 0 Å². The van der Waals surface area contributed by atoms with E-state index in [0.717, 1.165) is 5.56 Å². The normalized spacial score (nSPS) is 27.7. The van der Waals surface area contributed by atoms with Gasteiger partial charge in [-0.3, -0.25) is 14.4 Å². The standard InChI is InChI=1S/C23H25NO7/c1-3-9-5-10(4-2)18(26)16-13(9)7-11-6-12-8-14(25)17(22(24)30)21(29)23(12,31)20(28)15(11)19(16)27/h5,11-12,25-26,28,31H,3-4,6-8H2,1-2H3,(H2,24,30)/t11-,12+,23?/m1/s1. The number of carbonyl (C=O) groups excluding carboxylic acids is 3. The fraction of sp³-hybridized carbons (Fsp3) is 0.435. The SMILES string of the molecule is CCc1cc(CC)c2c(c1O)C(=O)C1=C(O)C3(O)C(=O)C(C(N)=O)=C(O)C[C@@H]3C[C@@H]1C2. The van der Waals surface area contributed by atoms with Gasteiger partial charge in [0, 0.05) is 17.9 Å². The maximum atomic E-state index is 13.5. The van der Waals surface area contributed by atoms with Crippen LogP contribution in [0.5, 0.6) is 5.75 Å². The van der Waals surface area contributed by atoms with E-state index in [0.29, 0.717) is 30.4 Å². The van der Waals surface area contributed by atoms with Crippen molar-refractivity contribution in [2.24, 2.45) is 17.6 Å². The van der Waals surface area contributed by atoms with E-state index in [9.17, 15) is 34.8 Å². The lowest BCUT2D eigenvalue weighted by Crippen LogP contribution is -2.57. The number of aliphatic hydroxyl groups excluding tert-OH is 2. The number of nitrogens with two attached hydrogens (primary N) is 1. The first-order valence-electron chi connectivity index (χ1n) is 10.4. The van der Waals surface area contributed by atoms with Gasteiger partial charge in [0.05, 0.1) is 5.56 Å². The molecule has 4 rings (SSSR count). The lowest BCUT2D eigenvalue weighted by atomic mass is 9.60. The number of hydrogen-bond acceptors (Lipinski definition) is 7. The summed E-state index contributed by atoms with van der Waals surface area (Å²) in [5.74, 6) is -5.98. The van der Waals surface area contributed by atoms with Crippen LogP contribution >= 0.6 is 0 Å². The van der Waals surface area contributed by atoms with Crippen LogP contribution in [0.2, 0.25) is 0 Å². The Hall–Kier alpha value is -3.13. The largest absolute Gasteiger partial charge is 0.511 e. The van der Waals surface area contributed by atoms with Gasteiger partial charge in [-0.05, 0) is 48.3 Å². The van der Waals surface area contributed by atoms with Gasteiger partial charge < -0.3 is 26.2 Å². The summed E-state index contributed by atoms with van der Waals surface area (Å²) in [4.78, 5) is 38.1. The maximum Gasteiger partial charge on any atom is 0.255 e. The average Bonchev–Trinajstić information content (AvgIpc) is 2.70. The first kappa shape index (κ1) is 21.1. The molecular formula is C23H25NO7. The van der Waals surface area contributed by atoms with Crippen molar-refractivity contribution < 1.29 is 34.8 Å². The van der Waals surface area contributed by atoms with Crippen molar-refractivity contribution in [1.82, 2.24) is 0 Å². The van der Waals surface area contributed by atoms with Crippen LogP contribution in [0.1, 0.15) is 53.7 Å². The molecule has 164 valence electrons. The number of aromatic hydroxyl groups is 1. The summed E-state index contributed by atoms with van der Waals surface area (Å²) >= 11 is 0. The van der Waals surface area contributed by atoms with Crippen LogP contribution < -0.4 is 5.73 Å². The third-order valence-corrected chi connectivity index (χ3v) is 7.00. The number of benzene rings is 1. The van der Waals surface area contributed by atoms with Crippen molar-refractivity contribution >= 4 is 17.5 Å². The first-order chi connectivity index (χ1) is 14.6. The van der Waals surface area contributed by atoms with Gasteiger partial charge in [-0.15, -0.1) is 0 Å². The van der Waals surface area contributed by atoms with Crippen molar-refractivity contribution in [2.45, 2.75) is 51.6 Å². The smallest absolute Gasteiger partial charge is 0.255 e. The van der Waals surface area contributed by atoms with E-state index in [-0.39, 0.29) is 29.7 Å². The second kappa shape index (κ2) is 6.95. The van der Waals surface area contributed by atoms with E-state index in [1.165, 1.54) is 0 Å². The number of Topliss-reactive ketones (excluding diaryl/α,β-unsaturated/α-hetero) is 2. The number of fused-ring (bicyclic) bond motifs is 3. The average molecular weight is 427 g/mol. The fourth-order valence-corrected chi connectivity index (χ4v) is 5.41. The molecule has 6 N–H and O–H groups in total. The number of ketones is 2. The summed E-state index contributed by atoms with van der Waals surface area (Å²) in [6, 6.07) is 1.88. The first-order valence-corrected chi connectivity index (χ1v) is 10.4. The summed E-state index contributed by atoms with van der Waals surface area (Å²) in [6.45, 7) is 3.81. The highest BCUT2D eigenvalue weighted by Crippen LogP contribution is 2.52. The van der Waals surface area contributed by atoms with Gasteiger partial charge in [-0.25, -0.2) is 0 Å². The zero-order valence-corrected chi connectivity index (χ0v) is 17.4. The van der Waals surface area contributed by atoms with E-state index in [4.69, 9.17) is 5.73 Å². The summed E-state index contributed by atoms with van der Waals surface area (Å²) in [6.07, 6.45) is 1.41. The molecule has 1 aromatic carbocycles. The van der Waals surface area contributed by atoms with Crippen LogP contribution in [-0.4, -0.2) is 43.5 Å². The van der Waals surface area contributed by atoms with Gasteiger partial charge in [-0.1, -0.05) is 19.9 Å². The van der Waals surface area contributed by atoms with Crippen LogP contribution in [0, 0.1) is 11.8 Å². The molecule has 3 aliphatic carbocycles. The molecule has 0 aromatic heterocycles. The topological polar surface area (TPSA) is 158 Å². The molecule has 0 bridgehead atoms. The Balaban J connectivity index is 1.93. The number of carbonyl (C=O) groups is 3. The van der Waals surface area contributed by atoms with Crippen molar-refractivity contribution in [3.8, 4) is 5.75 Å². The monoisotopic (exact) mass is 427 g/mol. The third-order valence-electron chi connectivity index (χ3n) is 7.00. The second-order valence-corrected chi connectivity index (χ2v) is 8.51. The highest BCUT2D eigenvalue weighted by Gasteiger charge is 2.59.